The van der Waals surface area contributed by atoms with Crippen molar-refractivity contribution < 1.29 is 26.0 Å². The lowest BCUT2D eigenvalue weighted by molar-refractivity contribution is -0.140. The lowest BCUT2D eigenvalue weighted by Gasteiger charge is -2.28. The number of nitrogens with zero attached hydrogens (tertiary/aromatic N) is 2. The molecule has 0 amide bonds. The molecule has 0 unspecified atom stereocenters. The number of nitrogens with one attached hydrogen (secondary N) is 1. The molecular weight excluding hydrogens is 460 g/mol. The number of rotatable bonds is 6. The maximum absolute atomic E-state index is 15.2. The molecule has 33 heavy (non-hydrogen) atoms. The van der Waals surface area contributed by atoms with Crippen LogP contribution < -0.4 is 10.5 Å². The van der Waals surface area contributed by atoms with Crippen LogP contribution in [0, 0.1) is 5.82 Å². The summed E-state index contributed by atoms with van der Waals surface area (Å²) in [6, 6.07) is 5.03. The summed E-state index contributed by atoms with van der Waals surface area (Å²) >= 11 is 0. The minimum atomic E-state index is -4.81. The van der Waals surface area contributed by atoms with Crippen molar-refractivity contribution in [1.29, 1.82) is 0 Å². The van der Waals surface area contributed by atoms with Gasteiger partial charge in [0, 0.05) is 40.8 Å². The molecule has 2 aliphatic rings. The maximum Gasteiger partial charge on any atom is 0.434 e. The molecule has 2 aromatic heterocycles. The summed E-state index contributed by atoms with van der Waals surface area (Å²) in [7, 11) is -3.44. The fourth-order valence-electron chi connectivity index (χ4n) is 4.24. The Morgan fingerprint density at radius 1 is 1.12 bits per heavy atom. The summed E-state index contributed by atoms with van der Waals surface area (Å²) in [5, 5.41) is 0.0817. The van der Waals surface area contributed by atoms with Gasteiger partial charge in [0.25, 0.3) is 0 Å². The molecule has 0 radical (unpaired) electrons. The van der Waals surface area contributed by atoms with Crippen molar-refractivity contribution in [1.82, 2.24) is 14.3 Å². The summed E-state index contributed by atoms with van der Waals surface area (Å²) in [6.07, 6.45) is 1.00. The summed E-state index contributed by atoms with van der Waals surface area (Å²) in [6.45, 7) is -0.00886. The van der Waals surface area contributed by atoms with E-state index in [-0.39, 0.29) is 29.2 Å². The highest BCUT2D eigenvalue weighted by atomic mass is 32.2. The van der Waals surface area contributed by atoms with Crippen molar-refractivity contribution in [2.75, 3.05) is 5.73 Å². The van der Waals surface area contributed by atoms with E-state index in [9.17, 15) is 21.6 Å². The van der Waals surface area contributed by atoms with Crippen molar-refractivity contribution in [3.05, 3.63) is 47.5 Å². The Kier molecular flexibility index (Phi) is 5.16. The third-order valence-corrected chi connectivity index (χ3v) is 8.27. The van der Waals surface area contributed by atoms with Gasteiger partial charge >= 0.3 is 6.18 Å². The van der Waals surface area contributed by atoms with E-state index in [1.807, 2.05) is 4.57 Å². The molecule has 0 aliphatic heterocycles. The first-order chi connectivity index (χ1) is 15.5. The predicted octanol–water partition coefficient (Wildman–Crippen LogP) is 4.75. The molecule has 0 bridgehead atoms. The van der Waals surface area contributed by atoms with Crippen LogP contribution in [0.15, 0.2) is 30.5 Å². The van der Waals surface area contributed by atoms with Crippen LogP contribution in [0.2, 0.25) is 0 Å². The Bertz CT molecular complexity index is 1340. The van der Waals surface area contributed by atoms with E-state index in [4.69, 9.17) is 5.73 Å². The number of sulfonamides is 1. The van der Waals surface area contributed by atoms with Crippen LogP contribution in [-0.4, -0.2) is 23.2 Å². The zero-order chi connectivity index (χ0) is 23.5. The van der Waals surface area contributed by atoms with Crippen molar-refractivity contribution >= 4 is 26.7 Å². The van der Waals surface area contributed by atoms with Crippen LogP contribution in [0.3, 0.4) is 0 Å². The van der Waals surface area contributed by atoms with E-state index in [0.29, 0.717) is 29.3 Å². The lowest BCUT2D eigenvalue weighted by Crippen LogP contribution is -2.26. The molecule has 3 aromatic rings. The molecule has 5 rings (SSSR count). The molecule has 0 atom stereocenters. The number of benzene rings is 1. The highest BCUT2D eigenvalue weighted by Crippen LogP contribution is 2.41. The third kappa shape index (κ3) is 4.08. The number of nitrogen functional groups attached to an aromatic ring is 1. The number of hydrogen-bond donors (Lipinski definition) is 2. The fraction of sp³-hybridized carbons (Fsp3) is 0.409. The monoisotopic (exact) mass is 482 g/mol. The van der Waals surface area contributed by atoms with Crippen molar-refractivity contribution in [2.24, 2.45) is 0 Å². The molecule has 176 valence electrons. The lowest BCUT2D eigenvalue weighted by atomic mass is 9.92. The molecule has 2 heterocycles. The predicted molar refractivity (Wildman–Crippen MR) is 116 cm³/mol. The summed E-state index contributed by atoms with van der Waals surface area (Å²) in [5.41, 5.74) is 4.72. The van der Waals surface area contributed by atoms with Gasteiger partial charge in [-0.15, -0.1) is 0 Å². The van der Waals surface area contributed by atoms with Gasteiger partial charge in [-0.3, -0.25) is 0 Å². The smallest absolute Gasteiger partial charge is 0.384 e. The molecule has 2 aliphatic carbocycles. The number of pyridine rings is 1. The Balaban J connectivity index is 1.63. The topological polar surface area (TPSA) is 90.0 Å². The van der Waals surface area contributed by atoms with Gasteiger partial charge in [0.2, 0.25) is 10.0 Å². The Hall–Kier alpha value is -2.66. The van der Waals surface area contributed by atoms with E-state index < -0.39 is 33.3 Å². The number of aromatic nitrogens is 2. The van der Waals surface area contributed by atoms with Crippen molar-refractivity contribution in [3.63, 3.8) is 0 Å². The quantitative estimate of drug-likeness (QED) is 0.496. The van der Waals surface area contributed by atoms with E-state index in [1.165, 1.54) is 18.2 Å². The van der Waals surface area contributed by atoms with Gasteiger partial charge in [0.15, 0.2) is 5.69 Å². The summed E-state index contributed by atoms with van der Waals surface area (Å²) in [4.78, 5) is 3.41. The highest BCUT2D eigenvalue weighted by molar-refractivity contribution is 7.90. The maximum atomic E-state index is 15.2. The van der Waals surface area contributed by atoms with Gasteiger partial charge in [-0.05, 0) is 61.9 Å². The van der Waals surface area contributed by atoms with Gasteiger partial charge in [-0.2, -0.15) is 13.2 Å². The molecule has 2 fully saturated rings. The second kappa shape index (κ2) is 7.69. The van der Waals surface area contributed by atoms with Crippen molar-refractivity contribution in [2.45, 2.75) is 56.1 Å². The second-order valence-corrected chi connectivity index (χ2v) is 10.7. The summed E-state index contributed by atoms with van der Waals surface area (Å²) in [5.74, 6) is -1.16. The Labute approximate surface area is 187 Å². The molecule has 1 aromatic carbocycles. The van der Waals surface area contributed by atoms with Gasteiger partial charge in [0.1, 0.15) is 11.6 Å². The third-order valence-electron chi connectivity index (χ3n) is 6.37. The first-order valence-corrected chi connectivity index (χ1v) is 12.2. The molecule has 3 N–H and O–H groups in total. The molecule has 6 nitrogen and oxygen atoms in total. The highest BCUT2D eigenvalue weighted by Gasteiger charge is 2.37. The first-order valence-electron chi connectivity index (χ1n) is 10.7. The number of fused-ring (bicyclic) bond motifs is 1. The number of anilines is 1. The average molecular weight is 483 g/mol. The van der Waals surface area contributed by atoms with Crippen LogP contribution in [-0.2, 0) is 22.7 Å². The number of hydrogen-bond acceptors (Lipinski definition) is 4. The molecule has 0 saturated heterocycles. The zero-order valence-electron chi connectivity index (χ0n) is 17.5. The zero-order valence-corrected chi connectivity index (χ0v) is 18.3. The average Bonchev–Trinajstić information content (AvgIpc) is 3.50. The number of nitrogens with two attached hydrogens (primary N) is 1. The molecular formula is C22H22F4N4O2S. The first kappa shape index (κ1) is 22.1. The number of halogens is 4. The molecule has 2 saturated carbocycles. The molecule has 11 heteroatoms. The van der Waals surface area contributed by atoms with Crippen LogP contribution in [0.4, 0.5) is 23.4 Å². The van der Waals surface area contributed by atoms with E-state index in [1.54, 1.807) is 6.20 Å². The van der Waals surface area contributed by atoms with Gasteiger partial charge in [-0.25, -0.2) is 22.5 Å². The van der Waals surface area contributed by atoms with Gasteiger partial charge in [-0.1, -0.05) is 0 Å². The van der Waals surface area contributed by atoms with Gasteiger partial charge in [0.05, 0.1) is 5.25 Å². The van der Waals surface area contributed by atoms with Gasteiger partial charge < -0.3 is 10.3 Å². The fourth-order valence-corrected chi connectivity index (χ4v) is 5.59. The minimum absolute atomic E-state index is 0.00886. The standard InChI is InChI=1S/C22H22F4N4O2S/c23-18-8-16-12(10-28-33(31,32)14-4-5-14)11-30(13-2-1-3-13)19(16)9-17(18)15-6-7-20(27)29-21(15)22(24,25)26/h6-9,11,13-14,28H,1-5,10H2,(H2,27,29). The van der Waals surface area contributed by atoms with Crippen LogP contribution in [0.1, 0.15) is 49.4 Å². The molecule has 0 spiro atoms. The van der Waals surface area contributed by atoms with Crippen LogP contribution in [0.5, 0.6) is 0 Å². The number of alkyl halides is 3. The van der Waals surface area contributed by atoms with Crippen LogP contribution in [0.25, 0.3) is 22.0 Å². The Morgan fingerprint density at radius 2 is 1.85 bits per heavy atom. The minimum Gasteiger partial charge on any atom is -0.384 e. The van der Waals surface area contributed by atoms with Crippen LogP contribution >= 0.6 is 0 Å². The Morgan fingerprint density at radius 3 is 2.45 bits per heavy atom. The SMILES string of the molecule is Nc1ccc(-c2cc3c(cc2F)c(CNS(=O)(=O)C2CC2)cn3C2CCC2)c(C(F)(F)F)n1. The van der Waals surface area contributed by atoms with E-state index >= 15 is 4.39 Å². The second-order valence-electron chi connectivity index (χ2n) is 8.69. The van der Waals surface area contributed by atoms with Crippen molar-refractivity contribution in [3.8, 4) is 11.1 Å². The largest absolute Gasteiger partial charge is 0.434 e. The van der Waals surface area contributed by atoms with E-state index in [2.05, 4.69) is 9.71 Å². The van der Waals surface area contributed by atoms with E-state index in [0.717, 1.165) is 25.3 Å². The normalized spacial score (nSPS) is 17.5. The summed E-state index contributed by atoms with van der Waals surface area (Å²) < 4.78 is 85.0.